The molecule has 0 aliphatic carbocycles. The summed E-state index contributed by atoms with van der Waals surface area (Å²) in [5, 5.41) is 1.15. The normalized spacial score (nSPS) is 11.2. The molecule has 34 heavy (non-hydrogen) atoms. The van der Waals surface area contributed by atoms with Crippen molar-refractivity contribution in [2.24, 2.45) is 0 Å². The van der Waals surface area contributed by atoms with Crippen LogP contribution in [0.15, 0.2) is 91.5 Å². The zero-order valence-corrected chi connectivity index (χ0v) is 18.4. The first kappa shape index (κ1) is 23.3. The van der Waals surface area contributed by atoms with E-state index in [9.17, 15) is 13.2 Å². The van der Waals surface area contributed by atoms with Gasteiger partial charge in [0.25, 0.3) is 0 Å². The van der Waals surface area contributed by atoms with Gasteiger partial charge in [0.15, 0.2) is 0 Å². The van der Waals surface area contributed by atoms with Gasteiger partial charge in [0.1, 0.15) is 5.82 Å². The third-order valence-corrected chi connectivity index (χ3v) is 5.57. The number of benzene rings is 4. The summed E-state index contributed by atoms with van der Waals surface area (Å²) in [6, 6.07) is 22.6. The zero-order valence-electron chi connectivity index (χ0n) is 18.4. The highest BCUT2D eigenvalue weighted by Crippen LogP contribution is 2.30. The molecule has 0 fully saturated rings. The Labute approximate surface area is 196 Å². The molecule has 0 nitrogen and oxygen atoms in total. The average molecular weight is 458 g/mol. The molecule has 0 atom stereocenters. The molecule has 4 heteroatoms. The summed E-state index contributed by atoms with van der Waals surface area (Å²) in [6.45, 7) is 3.74. The summed E-state index contributed by atoms with van der Waals surface area (Å²) in [7, 11) is 0. The largest absolute Gasteiger partial charge is 0.393 e. The number of aryl methyl sites for hydroxylation is 1. The SMILES string of the molecule is C=CCCc1ccc(C#Cc2ccc3c(F)c(-c4ccc(CC(F)(F)F)cc4)ccc3c2)cc1. The van der Waals surface area contributed by atoms with Gasteiger partial charge in [-0.1, -0.05) is 72.5 Å². The fourth-order valence-corrected chi connectivity index (χ4v) is 3.79. The molecule has 170 valence electrons. The van der Waals surface area contributed by atoms with Gasteiger partial charge in [-0.2, -0.15) is 13.2 Å². The van der Waals surface area contributed by atoms with Crippen LogP contribution in [0.3, 0.4) is 0 Å². The van der Waals surface area contributed by atoms with Crippen LogP contribution in [0, 0.1) is 17.7 Å². The summed E-state index contributed by atoms with van der Waals surface area (Å²) in [5.41, 5.74) is 3.93. The highest BCUT2D eigenvalue weighted by molar-refractivity contribution is 5.89. The summed E-state index contributed by atoms with van der Waals surface area (Å²) >= 11 is 0. The first-order valence-electron chi connectivity index (χ1n) is 10.9. The highest BCUT2D eigenvalue weighted by Gasteiger charge is 2.27. The van der Waals surface area contributed by atoms with Crippen molar-refractivity contribution in [3.63, 3.8) is 0 Å². The minimum absolute atomic E-state index is 0.145. The molecule has 0 N–H and O–H groups in total. The van der Waals surface area contributed by atoms with E-state index >= 15 is 4.39 Å². The Morgan fingerprint density at radius 1 is 0.765 bits per heavy atom. The van der Waals surface area contributed by atoms with E-state index in [0.29, 0.717) is 21.9 Å². The van der Waals surface area contributed by atoms with E-state index in [0.717, 1.165) is 24.0 Å². The molecule has 4 rings (SSSR count). The molecule has 0 aliphatic rings. The fraction of sp³-hybridized carbons (Fsp3) is 0.133. The molecule has 0 aliphatic heterocycles. The van der Waals surface area contributed by atoms with E-state index < -0.39 is 18.4 Å². The Bertz CT molecular complexity index is 1370. The molecule has 0 aromatic heterocycles. The van der Waals surface area contributed by atoms with E-state index in [4.69, 9.17) is 0 Å². The molecule has 0 bridgehead atoms. The van der Waals surface area contributed by atoms with Crippen LogP contribution in [0.25, 0.3) is 21.9 Å². The summed E-state index contributed by atoms with van der Waals surface area (Å²) in [4.78, 5) is 0. The van der Waals surface area contributed by atoms with Crippen molar-refractivity contribution < 1.29 is 17.6 Å². The van der Waals surface area contributed by atoms with Crippen LogP contribution in [0.4, 0.5) is 17.6 Å². The van der Waals surface area contributed by atoms with Crippen molar-refractivity contribution in [2.75, 3.05) is 0 Å². The predicted molar refractivity (Wildman–Crippen MR) is 130 cm³/mol. The topological polar surface area (TPSA) is 0 Å². The second kappa shape index (κ2) is 9.97. The van der Waals surface area contributed by atoms with E-state index in [-0.39, 0.29) is 5.56 Å². The lowest BCUT2D eigenvalue weighted by Crippen LogP contribution is -2.11. The van der Waals surface area contributed by atoms with Crippen LogP contribution >= 0.6 is 0 Å². The lowest BCUT2D eigenvalue weighted by Gasteiger charge is -2.10. The molecule has 4 aromatic carbocycles. The number of fused-ring (bicyclic) bond motifs is 1. The number of hydrogen-bond donors (Lipinski definition) is 0. The number of alkyl halides is 3. The van der Waals surface area contributed by atoms with Crippen LogP contribution in [0.1, 0.15) is 28.7 Å². The Kier molecular flexibility index (Phi) is 6.84. The standard InChI is InChI=1S/C30H22F4/c1-2-3-4-21-5-7-22(8-6-21)9-10-23-13-17-28-26(19-23)16-18-27(29(28)31)25-14-11-24(12-15-25)20-30(32,33)34/h2,5-8,11-19H,1,3-4,20H2. The molecule has 0 saturated carbocycles. The maximum Gasteiger partial charge on any atom is 0.393 e. The van der Waals surface area contributed by atoms with Gasteiger partial charge in [-0.3, -0.25) is 0 Å². The van der Waals surface area contributed by atoms with Gasteiger partial charge in [-0.15, -0.1) is 6.58 Å². The first-order chi connectivity index (χ1) is 16.3. The van der Waals surface area contributed by atoms with Gasteiger partial charge in [0, 0.05) is 22.1 Å². The fourth-order valence-electron chi connectivity index (χ4n) is 3.79. The Balaban J connectivity index is 1.55. The Hall–Kier alpha value is -3.84. The molecule has 0 heterocycles. The van der Waals surface area contributed by atoms with Gasteiger partial charge in [0.2, 0.25) is 0 Å². The molecular weight excluding hydrogens is 436 g/mol. The van der Waals surface area contributed by atoms with Gasteiger partial charge in [-0.25, -0.2) is 4.39 Å². The van der Waals surface area contributed by atoms with Crippen LogP contribution in [-0.2, 0) is 12.8 Å². The maximum absolute atomic E-state index is 15.2. The van der Waals surface area contributed by atoms with Crippen molar-refractivity contribution in [1.29, 1.82) is 0 Å². The number of rotatable bonds is 5. The van der Waals surface area contributed by atoms with Crippen LogP contribution in [0.5, 0.6) is 0 Å². The monoisotopic (exact) mass is 458 g/mol. The second-order valence-corrected chi connectivity index (χ2v) is 8.13. The highest BCUT2D eigenvalue weighted by atomic mass is 19.4. The van der Waals surface area contributed by atoms with Gasteiger partial charge in [0.05, 0.1) is 6.42 Å². The van der Waals surface area contributed by atoms with Crippen LogP contribution in [0.2, 0.25) is 0 Å². The molecular formula is C30H22F4. The number of halogens is 4. The quantitative estimate of drug-likeness (QED) is 0.160. The van der Waals surface area contributed by atoms with Gasteiger partial charge >= 0.3 is 6.18 Å². The Morgan fingerprint density at radius 3 is 2.09 bits per heavy atom. The molecule has 0 saturated heterocycles. The number of allylic oxidation sites excluding steroid dienone is 1. The molecule has 0 radical (unpaired) electrons. The molecule has 4 aromatic rings. The lowest BCUT2D eigenvalue weighted by molar-refractivity contribution is -0.127. The second-order valence-electron chi connectivity index (χ2n) is 8.13. The maximum atomic E-state index is 15.2. The third kappa shape index (κ3) is 5.74. The lowest BCUT2D eigenvalue weighted by atomic mass is 9.98. The predicted octanol–water partition coefficient (Wildman–Crippen LogP) is 8.27. The van der Waals surface area contributed by atoms with E-state index in [1.165, 1.54) is 29.8 Å². The van der Waals surface area contributed by atoms with Crippen molar-refractivity contribution >= 4 is 10.8 Å². The smallest absolute Gasteiger partial charge is 0.206 e. The minimum atomic E-state index is -4.27. The summed E-state index contributed by atoms with van der Waals surface area (Å²) in [5.74, 6) is 5.86. The molecule has 0 amide bonds. The van der Waals surface area contributed by atoms with Crippen molar-refractivity contribution in [2.45, 2.75) is 25.4 Å². The average Bonchev–Trinajstić information content (AvgIpc) is 2.82. The first-order valence-corrected chi connectivity index (χ1v) is 10.9. The summed E-state index contributed by atoms with van der Waals surface area (Å²) < 4.78 is 52.9. The zero-order chi connectivity index (χ0) is 24.1. The van der Waals surface area contributed by atoms with E-state index in [2.05, 4.69) is 30.6 Å². The van der Waals surface area contributed by atoms with Crippen LogP contribution in [-0.4, -0.2) is 6.18 Å². The van der Waals surface area contributed by atoms with Crippen molar-refractivity contribution in [3.8, 4) is 23.0 Å². The number of hydrogen-bond acceptors (Lipinski definition) is 0. The van der Waals surface area contributed by atoms with E-state index in [1.807, 2.05) is 24.3 Å². The van der Waals surface area contributed by atoms with E-state index in [1.54, 1.807) is 24.3 Å². The van der Waals surface area contributed by atoms with Crippen molar-refractivity contribution in [1.82, 2.24) is 0 Å². The summed E-state index contributed by atoms with van der Waals surface area (Å²) in [6.07, 6.45) is -1.49. The van der Waals surface area contributed by atoms with Gasteiger partial charge in [-0.05, 0) is 59.2 Å². The minimum Gasteiger partial charge on any atom is -0.206 e. The third-order valence-electron chi connectivity index (χ3n) is 5.57. The van der Waals surface area contributed by atoms with Crippen molar-refractivity contribution in [3.05, 3.63) is 120 Å². The molecule has 0 spiro atoms. The van der Waals surface area contributed by atoms with Crippen LogP contribution < -0.4 is 0 Å². The molecule has 0 unspecified atom stereocenters. The van der Waals surface area contributed by atoms with Gasteiger partial charge < -0.3 is 0 Å². The Morgan fingerprint density at radius 2 is 1.41 bits per heavy atom.